The van der Waals surface area contributed by atoms with E-state index in [0.717, 1.165) is 30.4 Å². The van der Waals surface area contributed by atoms with Gasteiger partial charge in [0.1, 0.15) is 11.6 Å². The van der Waals surface area contributed by atoms with Gasteiger partial charge in [-0.15, -0.1) is 0 Å². The third-order valence-electron chi connectivity index (χ3n) is 3.99. The lowest BCUT2D eigenvalue weighted by Crippen LogP contribution is -2.05. The number of aryl methyl sites for hydroxylation is 1. The number of hydrogen-bond acceptors (Lipinski definition) is 4. The zero-order valence-corrected chi connectivity index (χ0v) is 14.0. The Balaban J connectivity index is 1.87. The van der Waals surface area contributed by atoms with Gasteiger partial charge in [0, 0.05) is 11.9 Å². The number of ether oxygens (including phenoxy) is 1. The Bertz CT molecular complexity index is 722. The van der Waals surface area contributed by atoms with Crippen LogP contribution in [-0.4, -0.2) is 23.2 Å². The van der Waals surface area contributed by atoms with E-state index in [1.165, 1.54) is 16.7 Å². The lowest BCUT2D eigenvalue weighted by molar-refractivity contribution is 0.161. The molecule has 1 N–H and O–H groups in total. The van der Waals surface area contributed by atoms with Crippen molar-refractivity contribution in [1.29, 1.82) is 0 Å². The monoisotopic (exact) mass is 309 g/mol. The maximum absolute atomic E-state index is 5.40. The second-order valence-electron chi connectivity index (χ2n) is 6.19. The van der Waals surface area contributed by atoms with Gasteiger partial charge >= 0.3 is 0 Å². The highest BCUT2D eigenvalue weighted by Gasteiger charge is 2.10. The summed E-state index contributed by atoms with van der Waals surface area (Å²) in [5, 5.41) is 3.34. The Hall–Kier alpha value is -2.20. The number of rotatable bonds is 4. The van der Waals surface area contributed by atoms with Crippen molar-refractivity contribution in [1.82, 2.24) is 9.97 Å². The summed E-state index contributed by atoms with van der Waals surface area (Å²) in [4.78, 5) is 8.99. The van der Waals surface area contributed by atoms with Gasteiger partial charge in [0.2, 0.25) is 0 Å². The minimum atomic E-state index is 0.479. The lowest BCUT2D eigenvalue weighted by Gasteiger charge is -2.15. The number of anilines is 2. The molecule has 0 spiro atoms. The van der Waals surface area contributed by atoms with Crippen molar-refractivity contribution < 1.29 is 4.74 Å². The summed E-state index contributed by atoms with van der Waals surface area (Å²) < 4.78 is 5.40. The van der Waals surface area contributed by atoms with Gasteiger partial charge in [0.15, 0.2) is 0 Å². The molecular weight excluding hydrogens is 286 g/mol. The molecule has 0 bridgehead atoms. The Morgan fingerprint density at radius 1 is 1.17 bits per heavy atom. The summed E-state index contributed by atoms with van der Waals surface area (Å²) in [5.74, 6) is 2.15. The van der Waals surface area contributed by atoms with Crippen LogP contribution in [0.1, 0.15) is 43.0 Å². The van der Waals surface area contributed by atoms with E-state index in [0.29, 0.717) is 12.5 Å². The first kappa shape index (κ1) is 15.7. The van der Waals surface area contributed by atoms with E-state index in [9.17, 15) is 0 Å². The summed E-state index contributed by atoms with van der Waals surface area (Å²) >= 11 is 0. The van der Waals surface area contributed by atoms with Crippen LogP contribution in [0.5, 0.6) is 0 Å². The second-order valence-corrected chi connectivity index (χ2v) is 6.19. The van der Waals surface area contributed by atoms with Gasteiger partial charge in [-0.05, 0) is 60.2 Å². The van der Waals surface area contributed by atoms with Crippen LogP contribution < -0.4 is 5.32 Å². The predicted octanol–water partition coefficient (Wildman–Crippen LogP) is 4.46. The van der Waals surface area contributed by atoms with Gasteiger partial charge in [0.25, 0.3) is 0 Å². The molecule has 0 unspecified atom stereocenters. The molecule has 4 nitrogen and oxygen atoms in total. The third kappa shape index (κ3) is 3.96. The molecule has 0 atom stereocenters. The predicted molar refractivity (Wildman–Crippen MR) is 94.0 cm³/mol. The molecule has 3 heterocycles. The largest absolute Gasteiger partial charge is 0.377 e. The highest BCUT2D eigenvalue weighted by atomic mass is 16.5. The van der Waals surface area contributed by atoms with Crippen LogP contribution in [0, 0.1) is 6.92 Å². The van der Waals surface area contributed by atoms with Crippen molar-refractivity contribution in [3.63, 3.8) is 0 Å². The molecule has 0 amide bonds. The van der Waals surface area contributed by atoms with E-state index in [4.69, 9.17) is 4.74 Å². The highest BCUT2D eigenvalue weighted by Crippen LogP contribution is 2.25. The summed E-state index contributed by atoms with van der Waals surface area (Å²) in [6, 6.07) is 8.36. The molecule has 23 heavy (non-hydrogen) atoms. The Labute approximate surface area is 137 Å². The molecule has 0 fully saturated rings. The molecule has 3 rings (SSSR count). The molecule has 0 aliphatic carbocycles. The number of pyridine rings is 2. The zero-order valence-electron chi connectivity index (χ0n) is 14.0. The topological polar surface area (TPSA) is 47.0 Å². The average Bonchev–Trinajstić information content (AvgIpc) is 2.55. The van der Waals surface area contributed by atoms with E-state index in [-0.39, 0.29) is 0 Å². The van der Waals surface area contributed by atoms with Crippen LogP contribution in [0.25, 0.3) is 5.57 Å². The average molecular weight is 309 g/mol. The fraction of sp³-hybridized carbons (Fsp3) is 0.368. The van der Waals surface area contributed by atoms with Crippen LogP contribution >= 0.6 is 0 Å². The SMILES string of the molecule is Cc1cc(C2=CCOCC2)cc(Nc2cc(C(C)C)ccn2)n1. The molecule has 0 radical (unpaired) electrons. The number of nitrogens with one attached hydrogen (secondary N) is 1. The lowest BCUT2D eigenvalue weighted by atomic mass is 10.0. The van der Waals surface area contributed by atoms with Crippen LogP contribution in [-0.2, 0) is 4.74 Å². The van der Waals surface area contributed by atoms with E-state index < -0.39 is 0 Å². The smallest absolute Gasteiger partial charge is 0.132 e. The van der Waals surface area contributed by atoms with Gasteiger partial charge in [-0.1, -0.05) is 19.9 Å². The van der Waals surface area contributed by atoms with Crippen molar-refractivity contribution in [2.24, 2.45) is 0 Å². The van der Waals surface area contributed by atoms with E-state index in [1.807, 2.05) is 13.1 Å². The van der Waals surface area contributed by atoms with Crippen molar-refractivity contribution >= 4 is 17.2 Å². The molecule has 1 aliphatic heterocycles. The van der Waals surface area contributed by atoms with Crippen LogP contribution in [0.3, 0.4) is 0 Å². The summed E-state index contributed by atoms with van der Waals surface area (Å²) in [6.45, 7) is 7.86. The minimum Gasteiger partial charge on any atom is -0.377 e. The molecule has 120 valence electrons. The summed E-state index contributed by atoms with van der Waals surface area (Å²) in [7, 11) is 0. The molecule has 4 heteroatoms. The summed E-state index contributed by atoms with van der Waals surface area (Å²) in [5.41, 5.74) is 4.80. The van der Waals surface area contributed by atoms with Crippen molar-refractivity contribution in [2.45, 2.75) is 33.1 Å². The van der Waals surface area contributed by atoms with E-state index >= 15 is 0 Å². The first-order valence-corrected chi connectivity index (χ1v) is 8.10. The Morgan fingerprint density at radius 2 is 2.04 bits per heavy atom. The fourth-order valence-corrected chi connectivity index (χ4v) is 2.71. The van der Waals surface area contributed by atoms with Gasteiger partial charge in [-0.3, -0.25) is 0 Å². The number of hydrogen-bond donors (Lipinski definition) is 1. The molecule has 2 aromatic heterocycles. The van der Waals surface area contributed by atoms with Crippen LogP contribution in [0.15, 0.2) is 36.5 Å². The normalized spacial score (nSPS) is 14.7. The quantitative estimate of drug-likeness (QED) is 0.906. The van der Waals surface area contributed by atoms with Gasteiger partial charge in [-0.25, -0.2) is 9.97 Å². The zero-order chi connectivity index (χ0) is 16.2. The van der Waals surface area contributed by atoms with Crippen molar-refractivity contribution in [3.05, 3.63) is 53.4 Å². The van der Waals surface area contributed by atoms with Crippen LogP contribution in [0.2, 0.25) is 0 Å². The molecule has 2 aromatic rings. The molecule has 0 saturated carbocycles. The molecule has 1 aliphatic rings. The Kier molecular flexibility index (Phi) is 4.72. The second kappa shape index (κ2) is 6.92. The fourth-order valence-electron chi connectivity index (χ4n) is 2.71. The Morgan fingerprint density at radius 3 is 2.78 bits per heavy atom. The first-order chi connectivity index (χ1) is 11.1. The highest BCUT2D eigenvalue weighted by molar-refractivity contribution is 5.69. The minimum absolute atomic E-state index is 0.479. The standard InChI is InChI=1S/C19H23N3O/c1-13(2)16-4-7-20-18(11-16)22-19-12-17(10-14(3)21-19)15-5-8-23-9-6-15/h4-5,7,10-13H,6,8-9H2,1-3H3,(H,20,21,22). The van der Waals surface area contributed by atoms with Crippen molar-refractivity contribution in [2.75, 3.05) is 18.5 Å². The number of nitrogens with zero attached hydrogens (tertiary/aromatic N) is 2. The maximum atomic E-state index is 5.40. The third-order valence-corrected chi connectivity index (χ3v) is 3.99. The first-order valence-electron chi connectivity index (χ1n) is 8.10. The van der Waals surface area contributed by atoms with E-state index in [2.05, 4.69) is 59.5 Å². The maximum Gasteiger partial charge on any atom is 0.132 e. The van der Waals surface area contributed by atoms with E-state index in [1.54, 1.807) is 0 Å². The molecular formula is C19H23N3O. The molecule has 0 saturated heterocycles. The van der Waals surface area contributed by atoms with Gasteiger partial charge < -0.3 is 10.1 Å². The van der Waals surface area contributed by atoms with Gasteiger partial charge in [-0.2, -0.15) is 0 Å². The van der Waals surface area contributed by atoms with Crippen LogP contribution in [0.4, 0.5) is 11.6 Å². The summed E-state index contributed by atoms with van der Waals surface area (Å²) in [6.07, 6.45) is 4.94. The molecule has 0 aromatic carbocycles. The van der Waals surface area contributed by atoms with Gasteiger partial charge in [0.05, 0.1) is 13.2 Å². The van der Waals surface area contributed by atoms with Crippen molar-refractivity contribution in [3.8, 4) is 0 Å². The number of aromatic nitrogens is 2.